The van der Waals surface area contributed by atoms with Crippen LogP contribution in [0.5, 0.6) is 5.75 Å². The molecule has 230 valence electrons. The third kappa shape index (κ3) is 6.83. The van der Waals surface area contributed by atoms with Crippen LogP contribution in [-0.2, 0) is 40.5 Å². The summed E-state index contributed by atoms with van der Waals surface area (Å²) < 4.78 is 91.9. The molecule has 4 unspecified atom stereocenters. The predicted molar refractivity (Wildman–Crippen MR) is 147 cm³/mol. The molecule has 2 saturated heterocycles. The summed E-state index contributed by atoms with van der Waals surface area (Å²) in [6, 6.07) is 18.2. The van der Waals surface area contributed by atoms with Crippen LogP contribution in [0.15, 0.2) is 72.8 Å². The molecule has 43 heavy (non-hydrogen) atoms. The van der Waals surface area contributed by atoms with E-state index in [4.69, 9.17) is 9.47 Å². The fourth-order valence-electron chi connectivity index (χ4n) is 6.27. The van der Waals surface area contributed by atoms with Crippen molar-refractivity contribution in [3.63, 3.8) is 0 Å². The van der Waals surface area contributed by atoms with Gasteiger partial charge in [-0.1, -0.05) is 42.5 Å². The molecule has 11 heteroatoms. The lowest BCUT2D eigenvalue weighted by Gasteiger charge is -2.42. The smallest absolute Gasteiger partial charge is 0.416 e. The standard InChI is InChI=1S/C32H32F6N2O3/c1-42-25-9-5-6-20(16-25)12-13-39-29(41)26-18-30(22-7-3-2-4-8-22)28(11-10-27(26)40-30)43-19-21-14-23(31(33,34)35)17-24(15-21)32(36,37)38/h2-9,14-17,26-28,40H,10-13,18-19H2,1H3,(H,39,41). The first kappa shape index (κ1) is 30.9. The Morgan fingerprint density at radius 1 is 0.907 bits per heavy atom. The minimum atomic E-state index is -4.94. The molecule has 0 spiro atoms. The van der Waals surface area contributed by atoms with Gasteiger partial charge in [0, 0.05) is 12.6 Å². The molecule has 2 aliphatic rings. The third-order valence-corrected chi connectivity index (χ3v) is 8.33. The number of carbonyl (C=O) groups is 1. The van der Waals surface area contributed by atoms with E-state index in [2.05, 4.69) is 10.6 Å². The Balaban J connectivity index is 1.33. The maximum Gasteiger partial charge on any atom is 0.416 e. The lowest BCUT2D eigenvalue weighted by molar-refractivity contribution is -0.143. The molecule has 0 aliphatic carbocycles. The van der Waals surface area contributed by atoms with E-state index in [1.807, 2.05) is 54.6 Å². The number of nitrogens with one attached hydrogen (secondary N) is 2. The van der Waals surface area contributed by atoms with Crippen molar-refractivity contribution in [3.8, 4) is 5.75 Å². The van der Waals surface area contributed by atoms with Gasteiger partial charge in [-0.05, 0) is 72.7 Å². The van der Waals surface area contributed by atoms with Gasteiger partial charge in [0.05, 0.1) is 42.4 Å². The second-order valence-corrected chi connectivity index (χ2v) is 11.1. The number of carbonyl (C=O) groups excluding carboxylic acids is 1. The zero-order chi connectivity index (χ0) is 30.8. The number of hydrogen-bond acceptors (Lipinski definition) is 4. The Kier molecular flexibility index (Phi) is 8.76. The van der Waals surface area contributed by atoms with Crippen molar-refractivity contribution < 1.29 is 40.6 Å². The van der Waals surface area contributed by atoms with E-state index in [-0.39, 0.29) is 23.6 Å². The zero-order valence-electron chi connectivity index (χ0n) is 23.4. The number of alkyl halides is 6. The molecule has 3 aromatic rings. The minimum Gasteiger partial charge on any atom is -0.497 e. The van der Waals surface area contributed by atoms with Gasteiger partial charge in [0.2, 0.25) is 5.91 Å². The van der Waals surface area contributed by atoms with Gasteiger partial charge in [0.15, 0.2) is 0 Å². The first-order valence-electron chi connectivity index (χ1n) is 14.0. The van der Waals surface area contributed by atoms with Crippen LogP contribution >= 0.6 is 0 Å². The number of fused-ring (bicyclic) bond motifs is 2. The quantitative estimate of drug-likeness (QED) is 0.268. The fourth-order valence-corrected chi connectivity index (χ4v) is 6.27. The highest BCUT2D eigenvalue weighted by Crippen LogP contribution is 2.48. The minimum absolute atomic E-state index is 0.107. The van der Waals surface area contributed by atoms with Gasteiger partial charge in [0.1, 0.15) is 5.75 Å². The summed E-state index contributed by atoms with van der Waals surface area (Å²) in [5, 5.41) is 6.60. The summed E-state index contributed by atoms with van der Waals surface area (Å²) in [5.41, 5.74) is -1.97. The molecule has 2 fully saturated rings. The molecule has 2 aliphatic heterocycles. The van der Waals surface area contributed by atoms with Gasteiger partial charge in [0.25, 0.3) is 0 Å². The fraction of sp³-hybridized carbons (Fsp3) is 0.406. The summed E-state index contributed by atoms with van der Waals surface area (Å²) in [5.74, 6) is 0.212. The van der Waals surface area contributed by atoms with E-state index in [0.717, 1.165) is 16.9 Å². The van der Waals surface area contributed by atoms with Crippen LogP contribution in [0, 0.1) is 5.92 Å². The van der Waals surface area contributed by atoms with Crippen LogP contribution in [0.1, 0.15) is 47.1 Å². The summed E-state index contributed by atoms with van der Waals surface area (Å²) in [6.07, 6.45) is -8.47. The first-order chi connectivity index (χ1) is 20.4. The van der Waals surface area contributed by atoms with Crippen molar-refractivity contribution in [1.82, 2.24) is 10.6 Å². The van der Waals surface area contributed by atoms with Crippen molar-refractivity contribution in [1.29, 1.82) is 0 Å². The normalized spacial score (nSPS) is 23.7. The molecule has 2 bridgehead atoms. The zero-order valence-corrected chi connectivity index (χ0v) is 23.4. The van der Waals surface area contributed by atoms with Crippen LogP contribution in [-0.4, -0.2) is 31.7 Å². The number of benzene rings is 3. The van der Waals surface area contributed by atoms with Crippen molar-refractivity contribution in [3.05, 3.63) is 101 Å². The van der Waals surface area contributed by atoms with Crippen molar-refractivity contribution in [2.75, 3.05) is 13.7 Å². The predicted octanol–water partition coefficient (Wildman–Crippen LogP) is 6.64. The van der Waals surface area contributed by atoms with E-state index in [0.29, 0.717) is 44.4 Å². The highest BCUT2D eigenvalue weighted by Gasteiger charge is 2.56. The Hall–Kier alpha value is -3.57. The maximum atomic E-state index is 13.4. The SMILES string of the molecule is COc1cccc(CCNC(=O)C2CC3(c4ccccc4)NC2CCC3OCc2cc(C(F)(F)F)cc(C(F)(F)F)c2)c1. The van der Waals surface area contributed by atoms with E-state index >= 15 is 0 Å². The topological polar surface area (TPSA) is 59.6 Å². The summed E-state index contributed by atoms with van der Waals surface area (Å²) in [6.45, 7) is -0.0272. The van der Waals surface area contributed by atoms with Gasteiger partial charge in [-0.2, -0.15) is 26.3 Å². The molecule has 0 radical (unpaired) electrons. The Morgan fingerprint density at radius 2 is 1.60 bits per heavy atom. The van der Waals surface area contributed by atoms with Crippen molar-refractivity contribution in [2.45, 2.75) is 62.3 Å². The summed E-state index contributed by atoms with van der Waals surface area (Å²) >= 11 is 0. The van der Waals surface area contributed by atoms with Crippen LogP contribution in [0.2, 0.25) is 0 Å². The van der Waals surface area contributed by atoms with Gasteiger partial charge >= 0.3 is 12.4 Å². The van der Waals surface area contributed by atoms with E-state index in [9.17, 15) is 31.1 Å². The van der Waals surface area contributed by atoms with E-state index in [1.165, 1.54) is 0 Å². The van der Waals surface area contributed by atoms with Crippen LogP contribution in [0.4, 0.5) is 26.3 Å². The highest BCUT2D eigenvalue weighted by molar-refractivity contribution is 5.80. The summed E-state index contributed by atoms with van der Waals surface area (Å²) in [4.78, 5) is 13.4. The van der Waals surface area contributed by atoms with Gasteiger partial charge in [-0.25, -0.2) is 0 Å². The number of halogens is 6. The second kappa shape index (κ2) is 12.2. The number of rotatable bonds is 9. The number of hydrogen-bond donors (Lipinski definition) is 2. The van der Waals surface area contributed by atoms with Gasteiger partial charge in [-0.15, -0.1) is 0 Å². The van der Waals surface area contributed by atoms with Crippen molar-refractivity contribution in [2.24, 2.45) is 5.92 Å². The highest BCUT2D eigenvalue weighted by atomic mass is 19.4. The van der Waals surface area contributed by atoms with Crippen LogP contribution in [0.3, 0.4) is 0 Å². The molecule has 2 N–H and O–H groups in total. The average Bonchev–Trinajstić information content (AvgIpc) is 3.30. The molecular formula is C32H32F6N2O3. The number of amides is 1. The molecule has 0 aromatic heterocycles. The lowest BCUT2D eigenvalue weighted by Crippen LogP contribution is -2.54. The van der Waals surface area contributed by atoms with Crippen LogP contribution in [0.25, 0.3) is 0 Å². The second-order valence-electron chi connectivity index (χ2n) is 11.1. The molecular weight excluding hydrogens is 574 g/mol. The van der Waals surface area contributed by atoms with E-state index in [1.54, 1.807) is 7.11 Å². The molecule has 2 heterocycles. The van der Waals surface area contributed by atoms with Crippen LogP contribution < -0.4 is 15.4 Å². The van der Waals surface area contributed by atoms with Gasteiger partial charge < -0.3 is 20.1 Å². The van der Waals surface area contributed by atoms with Crippen molar-refractivity contribution >= 4 is 5.91 Å². The summed E-state index contributed by atoms with van der Waals surface area (Å²) in [7, 11) is 1.59. The Morgan fingerprint density at radius 3 is 2.26 bits per heavy atom. The molecule has 4 atom stereocenters. The largest absolute Gasteiger partial charge is 0.497 e. The van der Waals surface area contributed by atoms with E-state index < -0.39 is 47.6 Å². The first-order valence-corrected chi connectivity index (χ1v) is 14.0. The molecule has 5 nitrogen and oxygen atoms in total. The number of methoxy groups -OCH3 is 1. The molecule has 1 amide bonds. The molecule has 5 rings (SSSR count). The monoisotopic (exact) mass is 606 g/mol. The number of piperidine rings is 1. The Bertz CT molecular complexity index is 1400. The number of ether oxygens (including phenoxy) is 2. The maximum absolute atomic E-state index is 13.4. The lowest BCUT2D eigenvalue weighted by atomic mass is 9.80. The third-order valence-electron chi connectivity index (χ3n) is 8.33. The molecule has 3 aromatic carbocycles. The Labute approximate surface area is 245 Å². The van der Waals surface area contributed by atoms with Gasteiger partial charge in [-0.3, -0.25) is 4.79 Å². The molecule has 0 saturated carbocycles. The average molecular weight is 607 g/mol.